The van der Waals surface area contributed by atoms with E-state index < -0.39 is 0 Å². The smallest absolute Gasteiger partial charge is 0.165 e. The molecule has 0 amide bonds. The fourth-order valence-corrected chi connectivity index (χ4v) is 4.74. The Morgan fingerprint density at radius 3 is 2.58 bits per heavy atom. The van der Waals surface area contributed by atoms with Crippen LogP contribution in [-0.2, 0) is 11.2 Å². The van der Waals surface area contributed by atoms with Crippen molar-refractivity contribution in [3.05, 3.63) is 58.6 Å². The first-order valence-electron chi connectivity index (χ1n) is 10.8. The Morgan fingerprint density at radius 2 is 1.84 bits per heavy atom. The van der Waals surface area contributed by atoms with Gasteiger partial charge in [-0.1, -0.05) is 11.6 Å². The first-order valence-corrected chi connectivity index (χ1v) is 11.1. The number of ketones is 1. The van der Waals surface area contributed by atoms with E-state index in [0.717, 1.165) is 30.2 Å². The first kappa shape index (κ1) is 20.2. The van der Waals surface area contributed by atoms with Gasteiger partial charge in [0.15, 0.2) is 11.4 Å². The van der Waals surface area contributed by atoms with Gasteiger partial charge in [-0.05, 0) is 63.2 Å². The number of pyridine rings is 2. The Labute approximate surface area is 187 Å². The highest BCUT2D eigenvalue weighted by Crippen LogP contribution is 2.29. The van der Waals surface area contributed by atoms with Gasteiger partial charge in [0, 0.05) is 49.6 Å². The fourth-order valence-electron chi connectivity index (χ4n) is 4.53. The maximum atomic E-state index is 13.0. The van der Waals surface area contributed by atoms with Gasteiger partial charge in [-0.15, -0.1) is 0 Å². The number of Topliss-reactive ketones (excluding diaryl/α,β-unsaturated/α-hetero) is 1. The molecular formula is C24H26ClN5O. The van der Waals surface area contributed by atoms with E-state index in [1.807, 2.05) is 28.9 Å². The number of fused-ring (bicyclic) bond motifs is 2. The maximum Gasteiger partial charge on any atom is 0.165 e. The molecule has 1 aliphatic carbocycles. The van der Waals surface area contributed by atoms with E-state index in [9.17, 15) is 4.79 Å². The lowest BCUT2D eigenvalue weighted by molar-refractivity contribution is -0.113. The summed E-state index contributed by atoms with van der Waals surface area (Å²) < 4.78 is 1.86. The first-order chi connectivity index (χ1) is 14.9. The van der Waals surface area contributed by atoms with E-state index in [2.05, 4.69) is 47.8 Å². The molecular weight excluding hydrogens is 410 g/mol. The summed E-state index contributed by atoms with van der Waals surface area (Å²) in [6, 6.07) is 8.78. The number of rotatable bonds is 2. The monoisotopic (exact) mass is 435 g/mol. The molecule has 0 unspecified atom stereocenters. The number of nitrogens with zero attached hydrogens (tertiary/aromatic N) is 5. The number of hydrogen-bond donors (Lipinski definition) is 0. The van der Waals surface area contributed by atoms with Crippen molar-refractivity contribution in [1.82, 2.24) is 19.3 Å². The zero-order valence-corrected chi connectivity index (χ0v) is 18.8. The molecule has 0 bridgehead atoms. The third-order valence-electron chi connectivity index (χ3n) is 6.58. The fraction of sp³-hybridized carbons (Fsp3) is 0.375. The topological polar surface area (TPSA) is 53.7 Å². The van der Waals surface area contributed by atoms with Crippen LogP contribution >= 0.6 is 11.6 Å². The average Bonchev–Trinajstić information content (AvgIpc) is 3.12. The lowest BCUT2D eigenvalue weighted by atomic mass is 10.1. The van der Waals surface area contributed by atoms with E-state index in [-0.39, 0.29) is 5.78 Å². The minimum Gasteiger partial charge on any atom is -0.353 e. The van der Waals surface area contributed by atoms with Crippen molar-refractivity contribution in [1.29, 1.82) is 0 Å². The van der Waals surface area contributed by atoms with Crippen LogP contribution in [0.1, 0.15) is 37.2 Å². The highest BCUT2D eigenvalue weighted by atomic mass is 35.5. The van der Waals surface area contributed by atoms with Crippen LogP contribution in [0, 0.1) is 0 Å². The number of anilines is 1. The Balaban J connectivity index is 1.50. The molecule has 0 aromatic carbocycles. The second kappa shape index (κ2) is 7.77. The summed E-state index contributed by atoms with van der Waals surface area (Å²) in [5.74, 6) is 1.08. The molecule has 5 rings (SSSR count). The second-order valence-corrected chi connectivity index (χ2v) is 9.08. The van der Waals surface area contributed by atoms with Crippen molar-refractivity contribution in [2.75, 3.05) is 25.0 Å². The van der Waals surface area contributed by atoms with E-state index in [1.54, 1.807) is 6.07 Å². The van der Waals surface area contributed by atoms with Crippen LogP contribution in [-0.4, -0.2) is 57.3 Å². The van der Waals surface area contributed by atoms with Crippen LogP contribution in [0.2, 0.25) is 5.02 Å². The van der Waals surface area contributed by atoms with Crippen LogP contribution in [0.5, 0.6) is 0 Å². The Morgan fingerprint density at radius 1 is 1.06 bits per heavy atom. The van der Waals surface area contributed by atoms with Crippen LogP contribution in [0.25, 0.3) is 17.3 Å². The Hall–Kier alpha value is -2.70. The van der Waals surface area contributed by atoms with Crippen molar-refractivity contribution in [2.24, 2.45) is 0 Å². The molecule has 1 saturated heterocycles. The molecule has 0 spiro atoms. The largest absolute Gasteiger partial charge is 0.353 e. The summed E-state index contributed by atoms with van der Waals surface area (Å²) in [6.45, 7) is 6.41. The maximum absolute atomic E-state index is 13.0. The predicted molar refractivity (Wildman–Crippen MR) is 125 cm³/mol. The van der Waals surface area contributed by atoms with Gasteiger partial charge in [-0.2, -0.15) is 0 Å². The minimum absolute atomic E-state index is 0.0842. The molecule has 4 heterocycles. The van der Waals surface area contributed by atoms with Crippen LogP contribution in [0.3, 0.4) is 0 Å². The number of imidazole rings is 1. The van der Waals surface area contributed by atoms with Crippen molar-refractivity contribution in [3.63, 3.8) is 0 Å². The van der Waals surface area contributed by atoms with E-state index in [0.29, 0.717) is 46.9 Å². The number of aromatic nitrogens is 3. The lowest BCUT2D eigenvalue weighted by Gasteiger charge is -2.43. The van der Waals surface area contributed by atoms with Crippen LogP contribution in [0.4, 0.5) is 5.82 Å². The number of allylic oxidation sites excluding steroid dienone is 1. The van der Waals surface area contributed by atoms with Gasteiger partial charge >= 0.3 is 0 Å². The van der Waals surface area contributed by atoms with Gasteiger partial charge in [-0.3, -0.25) is 9.69 Å². The number of hydrogen-bond acceptors (Lipinski definition) is 5. The number of piperazine rings is 1. The highest BCUT2D eigenvalue weighted by Gasteiger charge is 2.28. The quantitative estimate of drug-likeness (QED) is 0.609. The molecule has 160 valence electrons. The molecule has 6 nitrogen and oxygen atoms in total. The van der Waals surface area contributed by atoms with Gasteiger partial charge in [0.05, 0.1) is 16.4 Å². The highest BCUT2D eigenvalue weighted by molar-refractivity contribution is 6.33. The summed E-state index contributed by atoms with van der Waals surface area (Å²) in [6.07, 6.45) is 6.75. The summed E-state index contributed by atoms with van der Waals surface area (Å²) in [4.78, 5) is 27.3. The molecule has 1 fully saturated rings. The Kier molecular flexibility index (Phi) is 5.07. The molecule has 31 heavy (non-hydrogen) atoms. The normalized spacial score (nSPS) is 22.4. The molecule has 0 radical (unpaired) electrons. The zero-order valence-electron chi connectivity index (χ0n) is 18.0. The van der Waals surface area contributed by atoms with Gasteiger partial charge in [-0.25, -0.2) is 9.97 Å². The SMILES string of the molecule is C[C@@H]1CN(c2ccc3c(n2)CCC(=O)C(c2cn4cccc(Cl)c4n2)=C3)C[C@H](C)N1C. The summed E-state index contributed by atoms with van der Waals surface area (Å²) >= 11 is 6.27. The molecule has 3 aromatic rings. The third-order valence-corrected chi connectivity index (χ3v) is 6.87. The molecule has 0 N–H and O–H groups in total. The van der Waals surface area contributed by atoms with Crippen LogP contribution < -0.4 is 4.90 Å². The summed E-state index contributed by atoms with van der Waals surface area (Å²) in [7, 11) is 2.18. The summed E-state index contributed by atoms with van der Waals surface area (Å²) in [5.41, 5.74) is 3.89. The third kappa shape index (κ3) is 3.64. The van der Waals surface area contributed by atoms with E-state index in [4.69, 9.17) is 16.6 Å². The van der Waals surface area contributed by atoms with Gasteiger partial charge in [0.1, 0.15) is 5.82 Å². The number of aryl methyl sites for hydroxylation is 1. The van der Waals surface area contributed by atoms with Crippen molar-refractivity contribution in [2.45, 2.75) is 38.8 Å². The Bertz CT molecular complexity index is 1190. The van der Waals surface area contributed by atoms with Gasteiger partial charge in [0.25, 0.3) is 0 Å². The molecule has 2 atom stereocenters. The van der Waals surface area contributed by atoms with E-state index in [1.165, 1.54) is 0 Å². The minimum atomic E-state index is 0.0842. The lowest BCUT2D eigenvalue weighted by Crippen LogP contribution is -2.55. The predicted octanol–water partition coefficient (Wildman–Crippen LogP) is 3.97. The standard InChI is InChI=1S/C24H26ClN5O/c1-15-12-30(13-16(2)28(15)3)23-9-6-17-11-18(22(31)8-7-20(17)26-23)21-14-29-10-4-5-19(25)24(29)27-21/h4-6,9-11,14-16H,7-8,12-13H2,1-3H3/t15-,16+. The molecule has 2 aliphatic rings. The number of carbonyl (C=O) groups is 1. The molecule has 0 saturated carbocycles. The zero-order chi connectivity index (χ0) is 21.7. The van der Waals surface area contributed by atoms with Crippen molar-refractivity contribution in [3.8, 4) is 0 Å². The van der Waals surface area contributed by atoms with Crippen LogP contribution in [0.15, 0.2) is 36.7 Å². The van der Waals surface area contributed by atoms with Crippen molar-refractivity contribution < 1.29 is 4.79 Å². The number of carbonyl (C=O) groups excluding carboxylic acids is 1. The molecule has 7 heteroatoms. The number of halogens is 1. The summed E-state index contributed by atoms with van der Waals surface area (Å²) in [5, 5.41) is 0.567. The number of likely N-dealkylation sites (N-methyl/N-ethyl adjacent to an activating group) is 1. The molecule has 1 aliphatic heterocycles. The van der Waals surface area contributed by atoms with Gasteiger partial charge < -0.3 is 9.30 Å². The van der Waals surface area contributed by atoms with Gasteiger partial charge in [0.2, 0.25) is 0 Å². The molecule has 3 aromatic heterocycles. The van der Waals surface area contributed by atoms with Crippen molar-refractivity contribution >= 4 is 40.5 Å². The second-order valence-electron chi connectivity index (χ2n) is 8.67. The average molecular weight is 436 g/mol. The van der Waals surface area contributed by atoms with E-state index >= 15 is 0 Å².